The molecular weight excluding hydrogens is 170 g/mol. The maximum Gasteiger partial charge on any atom is 0.312 e. The molecule has 0 heterocycles. The van der Waals surface area contributed by atoms with Crippen LogP contribution in [-0.2, 0) is 9.53 Å². The van der Waals surface area contributed by atoms with Gasteiger partial charge in [-0.3, -0.25) is 4.79 Å². The van der Waals surface area contributed by atoms with E-state index in [1.807, 2.05) is 6.92 Å². The van der Waals surface area contributed by atoms with E-state index in [4.69, 9.17) is 10.8 Å². The van der Waals surface area contributed by atoms with Crippen LogP contribution in [0.25, 0.3) is 0 Å². The summed E-state index contributed by atoms with van der Waals surface area (Å²) in [4.78, 5) is 11.3. The number of esters is 1. The molecule has 0 fully saturated rings. The van der Waals surface area contributed by atoms with Crippen molar-refractivity contribution in [1.29, 1.82) is 0 Å². The first-order chi connectivity index (χ1) is 6.00. The number of aliphatic hydroxyl groups excluding tert-OH is 1. The Morgan fingerprint density at radius 2 is 2.23 bits per heavy atom. The summed E-state index contributed by atoms with van der Waals surface area (Å²) in [5, 5.41) is 8.86. The Balaban J connectivity index is 4.35. The van der Waals surface area contributed by atoms with Crippen molar-refractivity contribution < 1.29 is 14.6 Å². The number of rotatable bonds is 5. The number of aliphatic hydroxyl groups is 1. The van der Waals surface area contributed by atoms with E-state index in [-0.39, 0.29) is 25.0 Å². The Kier molecular flexibility index (Phi) is 4.95. The molecule has 2 unspecified atom stereocenters. The average Bonchev–Trinajstić information content (AvgIpc) is 2.15. The van der Waals surface area contributed by atoms with Gasteiger partial charge in [0.1, 0.15) is 0 Å². The molecule has 4 heteroatoms. The maximum absolute atomic E-state index is 11.3. The van der Waals surface area contributed by atoms with Gasteiger partial charge in [-0.2, -0.15) is 0 Å². The van der Waals surface area contributed by atoms with E-state index in [2.05, 4.69) is 4.74 Å². The Bertz CT molecular complexity index is 172. The molecule has 2 atom stereocenters. The van der Waals surface area contributed by atoms with Crippen molar-refractivity contribution in [2.45, 2.75) is 20.3 Å². The van der Waals surface area contributed by atoms with Crippen LogP contribution in [0.15, 0.2) is 0 Å². The Morgan fingerprint density at radius 1 is 1.69 bits per heavy atom. The third kappa shape index (κ3) is 3.32. The highest BCUT2D eigenvalue weighted by atomic mass is 16.5. The lowest BCUT2D eigenvalue weighted by Crippen LogP contribution is -2.38. The molecule has 0 saturated heterocycles. The molecule has 0 aromatic heterocycles. The number of carbonyl (C=O) groups is 1. The molecule has 0 rings (SSSR count). The number of nitrogens with two attached hydrogens (primary N) is 1. The minimum atomic E-state index is -0.670. The first-order valence-corrected chi connectivity index (χ1v) is 4.39. The Labute approximate surface area is 79.1 Å². The summed E-state index contributed by atoms with van der Waals surface area (Å²) < 4.78 is 4.65. The zero-order valence-electron chi connectivity index (χ0n) is 8.54. The van der Waals surface area contributed by atoms with Gasteiger partial charge in [0.15, 0.2) is 0 Å². The van der Waals surface area contributed by atoms with Crippen LogP contribution in [0, 0.1) is 11.3 Å². The summed E-state index contributed by atoms with van der Waals surface area (Å²) in [6.07, 6.45) is 0.548. The lowest BCUT2D eigenvalue weighted by Gasteiger charge is -2.27. The minimum Gasteiger partial charge on any atom is -0.469 e. The molecule has 0 aromatic carbocycles. The van der Waals surface area contributed by atoms with Gasteiger partial charge in [-0.05, 0) is 19.3 Å². The molecule has 0 bridgehead atoms. The summed E-state index contributed by atoms with van der Waals surface area (Å²) in [7, 11) is 1.35. The van der Waals surface area contributed by atoms with E-state index < -0.39 is 5.41 Å². The molecule has 0 amide bonds. The summed E-state index contributed by atoms with van der Waals surface area (Å²) in [5.41, 5.74) is 4.83. The molecule has 0 spiro atoms. The van der Waals surface area contributed by atoms with Crippen molar-refractivity contribution in [3.63, 3.8) is 0 Å². The largest absolute Gasteiger partial charge is 0.469 e. The number of methoxy groups -OCH3 is 1. The molecule has 3 N–H and O–H groups in total. The van der Waals surface area contributed by atoms with Crippen molar-refractivity contribution in [2.75, 3.05) is 20.3 Å². The molecule has 13 heavy (non-hydrogen) atoms. The van der Waals surface area contributed by atoms with Crippen LogP contribution in [0.3, 0.4) is 0 Å². The predicted octanol–water partition coefficient (Wildman–Crippen LogP) is 0.143. The fourth-order valence-electron chi connectivity index (χ4n) is 1.33. The highest BCUT2D eigenvalue weighted by molar-refractivity contribution is 5.76. The second kappa shape index (κ2) is 5.19. The number of hydrogen-bond acceptors (Lipinski definition) is 4. The Morgan fingerprint density at radius 3 is 2.54 bits per heavy atom. The quantitative estimate of drug-likeness (QED) is 0.603. The molecule has 0 aromatic rings. The fourth-order valence-corrected chi connectivity index (χ4v) is 1.33. The lowest BCUT2D eigenvalue weighted by atomic mass is 9.82. The standard InChI is InChI=1S/C9H19NO3/c1-7(5-11)4-9(2,6-10)8(12)13-3/h7,11H,4-6,10H2,1-3H3. The average molecular weight is 189 g/mol. The van der Waals surface area contributed by atoms with Crippen molar-refractivity contribution in [1.82, 2.24) is 0 Å². The second-order valence-corrected chi connectivity index (χ2v) is 3.75. The van der Waals surface area contributed by atoms with Crippen LogP contribution in [-0.4, -0.2) is 31.3 Å². The Hall–Kier alpha value is -0.610. The van der Waals surface area contributed by atoms with E-state index in [1.165, 1.54) is 7.11 Å². The highest BCUT2D eigenvalue weighted by Gasteiger charge is 2.34. The molecule has 0 aliphatic carbocycles. The van der Waals surface area contributed by atoms with Gasteiger partial charge >= 0.3 is 5.97 Å². The van der Waals surface area contributed by atoms with Gasteiger partial charge in [-0.25, -0.2) is 0 Å². The lowest BCUT2D eigenvalue weighted by molar-refractivity contribution is -0.152. The van der Waals surface area contributed by atoms with Gasteiger partial charge in [-0.15, -0.1) is 0 Å². The van der Waals surface area contributed by atoms with Crippen molar-refractivity contribution in [3.8, 4) is 0 Å². The zero-order valence-corrected chi connectivity index (χ0v) is 8.54. The topological polar surface area (TPSA) is 72.5 Å². The molecule has 0 saturated carbocycles. The van der Waals surface area contributed by atoms with Gasteiger partial charge in [0.25, 0.3) is 0 Å². The van der Waals surface area contributed by atoms with Crippen molar-refractivity contribution in [3.05, 3.63) is 0 Å². The van der Waals surface area contributed by atoms with Gasteiger partial charge in [0, 0.05) is 13.2 Å². The van der Waals surface area contributed by atoms with Gasteiger partial charge in [0.05, 0.1) is 12.5 Å². The molecule has 78 valence electrons. The van der Waals surface area contributed by atoms with Gasteiger partial charge in [0.2, 0.25) is 0 Å². The third-order valence-corrected chi connectivity index (χ3v) is 2.24. The SMILES string of the molecule is COC(=O)C(C)(CN)CC(C)CO. The summed E-state index contributed by atoms with van der Waals surface area (Å²) in [6.45, 7) is 3.93. The third-order valence-electron chi connectivity index (χ3n) is 2.24. The van der Waals surface area contributed by atoms with Crippen LogP contribution >= 0.6 is 0 Å². The van der Waals surface area contributed by atoms with Crippen LogP contribution < -0.4 is 5.73 Å². The van der Waals surface area contributed by atoms with Gasteiger partial charge in [-0.1, -0.05) is 6.92 Å². The fraction of sp³-hybridized carbons (Fsp3) is 0.889. The smallest absolute Gasteiger partial charge is 0.312 e. The zero-order chi connectivity index (χ0) is 10.5. The van der Waals surface area contributed by atoms with E-state index in [0.717, 1.165) is 0 Å². The first kappa shape index (κ1) is 12.4. The van der Waals surface area contributed by atoms with E-state index in [0.29, 0.717) is 6.42 Å². The normalized spacial score (nSPS) is 17.6. The highest BCUT2D eigenvalue weighted by Crippen LogP contribution is 2.26. The summed E-state index contributed by atoms with van der Waals surface area (Å²) in [5.74, 6) is -0.247. The van der Waals surface area contributed by atoms with E-state index >= 15 is 0 Å². The summed E-state index contributed by atoms with van der Waals surface area (Å²) >= 11 is 0. The van der Waals surface area contributed by atoms with E-state index in [1.54, 1.807) is 6.92 Å². The molecule has 0 aliphatic heterocycles. The maximum atomic E-state index is 11.3. The first-order valence-electron chi connectivity index (χ1n) is 4.39. The van der Waals surface area contributed by atoms with Crippen molar-refractivity contribution >= 4 is 5.97 Å². The predicted molar refractivity (Wildman–Crippen MR) is 50.0 cm³/mol. The molecular formula is C9H19NO3. The summed E-state index contributed by atoms with van der Waals surface area (Å²) in [6, 6.07) is 0. The second-order valence-electron chi connectivity index (χ2n) is 3.75. The molecule has 0 radical (unpaired) electrons. The number of ether oxygens (including phenoxy) is 1. The molecule has 0 aliphatic rings. The van der Waals surface area contributed by atoms with Crippen LogP contribution in [0.5, 0.6) is 0 Å². The van der Waals surface area contributed by atoms with Crippen LogP contribution in [0.4, 0.5) is 0 Å². The molecule has 4 nitrogen and oxygen atoms in total. The van der Waals surface area contributed by atoms with Crippen LogP contribution in [0.2, 0.25) is 0 Å². The van der Waals surface area contributed by atoms with Gasteiger partial charge < -0.3 is 15.6 Å². The number of carbonyl (C=O) groups excluding carboxylic acids is 1. The van der Waals surface area contributed by atoms with Crippen molar-refractivity contribution in [2.24, 2.45) is 17.1 Å². The monoisotopic (exact) mass is 189 g/mol. The van der Waals surface area contributed by atoms with E-state index in [9.17, 15) is 4.79 Å². The van der Waals surface area contributed by atoms with Crippen LogP contribution in [0.1, 0.15) is 20.3 Å². The number of hydrogen-bond donors (Lipinski definition) is 2. The minimum absolute atomic E-state index is 0.0621.